The molecule has 3 aromatic rings. The molecule has 2 aromatic heterocycles. The van der Waals surface area contributed by atoms with Crippen molar-refractivity contribution in [1.29, 1.82) is 0 Å². The number of hydrogen-bond donors (Lipinski definition) is 1. The first-order valence-corrected chi connectivity index (χ1v) is 10.3. The van der Waals surface area contributed by atoms with E-state index >= 15 is 0 Å². The van der Waals surface area contributed by atoms with E-state index in [4.69, 9.17) is 4.74 Å². The molecule has 0 saturated carbocycles. The summed E-state index contributed by atoms with van der Waals surface area (Å²) in [6.07, 6.45) is 0. The number of nitrogens with one attached hydrogen (secondary N) is 1. The molecule has 2 heterocycles. The number of aromatic nitrogens is 3. The van der Waals surface area contributed by atoms with E-state index in [1.807, 2.05) is 67.1 Å². The molecule has 0 fully saturated rings. The number of hydrogen-bond acceptors (Lipinski definition) is 6. The molecule has 1 aromatic carbocycles. The number of benzene rings is 1. The molecule has 0 radical (unpaired) electrons. The number of rotatable bonds is 6. The number of carbonyl (C=O) groups excluding carboxylic acids is 1. The van der Waals surface area contributed by atoms with Crippen LogP contribution in [-0.4, -0.2) is 39.1 Å². The molecular formula is C19H22N4O2S2. The van der Waals surface area contributed by atoms with E-state index in [2.05, 4.69) is 15.5 Å². The van der Waals surface area contributed by atoms with Crippen molar-refractivity contribution in [2.75, 3.05) is 12.9 Å². The number of amides is 1. The summed E-state index contributed by atoms with van der Waals surface area (Å²) in [6, 6.07) is 11.7. The minimum atomic E-state index is -0.268. The summed E-state index contributed by atoms with van der Waals surface area (Å²) in [7, 11) is 1.64. The highest BCUT2D eigenvalue weighted by Gasteiger charge is 2.21. The van der Waals surface area contributed by atoms with Crippen LogP contribution in [0.15, 0.2) is 46.9 Å². The van der Waals surface area contributed by atoms with Crippen molar-refractivity contribution in [3.05, 3.63) is 41.8 Å². The van der Waals surface area contributed by atoms with Gasteiger partial charge < -0.3 is 10.1 Å². The summed E-state index contributed by atoms with van der Waals surface area (Å²) >= 11 is 2.95. The fraction of sp³-hybridized carbons (Fsp3) is 0.316. The molecule has 0 aliphatic carbocycles. The standard InChI is InChI=1S/C19H22N4O2S2/c1-19(2,3)20-16(24)12-27-18-22-21-17(15-10-7-11-26-15)23(18)13-8-5-6-9-14(13)25-4/h5-11H,12H2,1-4H3,(H,20,24). The van der Waals surface area contributed by atoms with Crippen LogP contribution >= 0.6 is 23.1 Å². The lowest BCUT2D eigenvalue weighted by Gasteiger charge is -2.20. The zero-order valence-electron chi connectivity index (χ0n) is 15.7. The van der Waals surface area contributed by atoms with Gasteiger partial charge in [0.15, 0.2) is 11.0 Å². The van der Waals surface area contributed by atoms with E-state index in [1.54, 1.807) is 18.4 Å². The maximum absolute atomic E-state index is 12.2. The van der Waals surface area contributed by atoms with Gasteiger partial charge in [0.2, 0.25) is 5.91 Å². The maximum atomic E-state index is 12.2. The average molecular weight is 403 g/mol. The zero-order chi connectivity index (χ0) is 19.4. The van der Waals surface area contributed by atoms with Crippen molar-refractivity contribution in [3.63, 3.8) is 0 Å². The third kappa shape index (κ3) is 4.70. The highest BCUT2D eigenvalue weighted by Crippen LogP contribution is 2.33. The summed E-state index contributed by atoms with van der Waals surface area (Å²) in [5.41, 5.74) is 0.572. The number of thiophene rings is 1. The Balaban J connectivity index is 1.96. The quantitative estimate of drug-likeness (QED) is 0.631. The van der Waals surface area contributed by atoms with Crippen molar-refractivity contribution < 1.29 is 9.53 Å². The van der Waals surface area contributed by atoms with Crippen molar-refractivity contribution in [2.24, 2.45) is 0 Å². The topological polar surface area (TPSA) is 69.0 Å². The molecule has 0 aliphatic heterocycles. The molecule has 0 spiro atoms. The van der Waals surface area contributed by atoms with E-state index in [1.165, 1.54) is 11.8 Å². The third-order valence-electron chi connectivity index (χ3n) is 3.55. The van der Waals surface area contributed by atoms with E-state index in [0.717, 1.165) is 22.1 Å². The fourth-order valence-corrected chi connectivity index (χ4v) is 3.99. The van der Waals surface area contributed by atoms with E-state index in [9.17, 15) is 4.79 Å². The van der Waals surface area contributed by atoms with Crippen LogP contribution in [0.1, 0.15) is 20.8 Å². The summed E-state index contributed by atoms with van der Waals surface area (Å²) < 4.78 is 7.47. The van der Waals surface area contributed by atoms with Gasteiger partial charge in [0.25, 0.3) is 0 Å². The highest BCUT2D eigenvalue weighted by atomic mass is 32.2. The molecule has 0 bridgehead atoms. The first-order valence-electron chi connectivity index (χ1n) is 8.45. The normalized spacial score (nSPS) is 11.4. The Bertz CT molecular complexity index is 914. The Morgan fingerprint density at radius 2 is 2.00 bits per heavy atom. The second-order valence-corrected chi connectivity index (χ2v) is 8.77. The Morgan fingerprint density at radius 3 is 2.67 bits per heavy atom. The van der Waals surface area contributed by atoms with Gasteiger partial charge in [0.1, 0.15) is 5.75 Å². The molecule has 3 rings (SSSR count). The van der Waals surface area contributed by atoms with Crippen molar-refractivity contribution in [2.45, 2.75) is 31.5 Å². The number of methoxy groups -OCH3 is 1. The lowest BCUT2D eigenvalue weighted by molar-refractivity contribution is -0.119. The molecule has 0 saturated heterocycles. The number of ether oxygens (including phenoxy) is 1. The van der Waals surface area contributed by atoms with E-state index in [-0.39, 0.29) is 17.2 Å². The predicted molar refractivity (Wildman–Crippen MR) is 110 cm³/mol. The van der Waals surface area contributed by atoms with Gasteiger partial charge >= 0.3 is 0 Å². The summed E-state index contributed by atoms with van der Waals surface area (Å²) in [6.45, 7) is 5.88. The monoisotopic (exact) mass is 402 g/mol. The molecule has 142 valence electrons. The van der Waals surface area contributed by atoms with Crippen LogP contribution in [0.25, 0.3) is 16.4 Å². The first-order chi connectivity index (χ1) is 12.9. The van der Waals surface area contributed by atoms with Gasteiger partial charge in [-0.25, -0.2) is 0 Å². The minimum absolute atomic E-state index is 0.0419. The SMILES string of the molecule is COc1ccccc1-n1c(SCC(=O)NC(C)(C)C)nnc1-c1cccs1. The van der Waals surface area contributed by atoms with Crippen LogP contribution in [0.3, 0.4) is 0 Å². The van der Waals surface area contributed by atoms with Gasteiger partial charge in [-0.3, -0.25) is 9.36 Å². The van der Waals surface area contributed by atoms with Crippen LogP contribution in [0, 0.1) is 0 Å². The third-order valence-corrected chi connectivity index (χ3v) is 5.34. The van der Waals surface area contributed by atoms with Crippen molar-refractivity contribution >= 4 is 29.0 Å². The Morgan fingerprint density at radius 1 is 1.22 bits per heavy atom. The molecule has 8 heteroatoms. The van der Waals surface area contributed by atoms with Crippen LogP contribution in [0.2, 0.25) is 0 Å². The zero-order valence-corrected chi connectivity index (χ0v) is 17.4. The van der Waals surface area contributed by atoms with Crippen LogP contribution in [-0.2, 0) is 4.79 Å². The molecule has 0 atom stereocenters. The number of thioether (sulfide) groups is 1. The Kier molecular flexibility index (Phi) is 5.86. The second kappa shape index (κ2) is 8.14. The number of carbonyl (C=O) groups is 1. The first kappa shape index (κ1) is 19.4. The smallest absolute Gasteiger partial charge is 0.230 e. The van der Waals surface area contributed by atoms with Crippen molar-refractivity contribution in [3.8, 4) is 22.1 Å². The molecule has 0 aliphatic rings. The maximum Gasteiger partial charge on any atom is 0.230 e. The van der Waals surface area contributed by atoms with Crippen LogP contribution in [0.4, 0.5) is 0 Å². The van der Waals surface area contributed by atoms with Gasteiger partial charge in [0.05, 0.1) is 23.4 Å². The predicted octanol–water partition coefficient (Wildman–Crippen LogP) is 4.01. The average Bonchev–Trinajstić information content (AvgIpc) is 3.27. The minimum Gasteiger partial charge on any atom is -0.495 e. The Hall–Kier alpha value is -2.32. The van der Waals surface area contributed by atoms with E-state index < -0.39 is 0 Å². The Labute approximate surface area is 167 Å². The van der Waals surface area contributed by atoms with Crippen molar-refractivity contribution in [1.82, 2.24) is 20.1 Å². The fourth-order valence-electron chi connectivity index (χ4n) is 2.54. The molecule has 0 unspecified atom stereocenters. The lowest BCUT2D eigenvalue weighted by Crippen LogP contribution is -2.41. The molecule has 1 amide bonds. The summed E-state index contributed by atoms with van der Waals surface area (Å²) in [5, 5.41) is 14.3. The van der Waals surface area contributed by atoms with Gasteiger partial charge in [-0.1, -0.05) is 30.0 Å². The number of nitrogens with zero attached hydrogens (tertiary/aromatic N) is 3. The van der Waals surface area contributed by atoms with Gasteiger partial charge in [0, 0.05) is 5.54 Å². The summed E-state index contributed by atoms with van der Waals surface area (Å²) in [5.74, 6) is 1.67. The van der Waals surface area contributed by atoms with Crippen LogP contribution in [0.5, 0.6) is 5.75 Å². The molecular weight excluding hydrogens is 380 g/mol. The van der Waals surface area contributed by atoms with Gasteiger partial charge in [-0.2, -0.15) is 0 Å². The molecule has 6 nitrogen and oxygen atoms in total. The lowest BCUT2D eigenvalue weighted by atomic mass is 10.1. The summed E-state index contributed by atoms with van der Waals surface area (Å²) in [4.78, 5) is 13.2. The molecule has 1 N–H and O–H groups in total. The largest absolute Gasteiger partial charge is 0.495 e. The molecule has 27 heavy (non-hydrogen) atoms. The van der Waals surface area contributed by atoms with Gasteiger partial charge in [-0.05, 0) is 44.4 Å². The second-order valence-electron chi connectivity index (χ2n) is 6.88. The van der Waals surface area contributed by atoms with E-state index in [0.29, 0.717) is 5.16 Å². The van der Waals surface area contributed by atoms with Crippen LogP contribution < -0.4 is 10.1 Å². The highest BCUT2D eigenvalue weighted by molar-refractivity contribution is 7.99. The number of para-hydroxylation sites is 2. The van der Waals surface area contributed by atoms with Gasteiger partial charge in [-0.15, -0.1) is 21.5 Å².